The molecule has 1 saturated heterocycles. The highest BCUT2D eigenvalue weighted by Gasteiger charge is 2.22. The van der Waals surface area contributed by atoms with Crippen LogP contribution in [0.1, 0.15) is 18.2 Å². The molecule has 0 spiro atoms. The summed E-state index contributed by atoms with van der Waals surface area (Å²) in [4.78, 5) is 4.42. The lowest BCUT2D eigenvalue weighted by molar-refractivity contribution is 0.417. The van der Waals surface area contributed by atoms with E-state index in [1.807, 2.05) is 16.8 Å². The van der Waals surface area contributed by atoms with Crippen molar-refractivity contribution in [2.75, 3.05) is 13.1 Å². The van der Waals surface area contributed by atoms with Gasteiger partial charge in [0.05, 0.1) is 5.56 Å². The van der Waals surface area contributed by atoms with Gasteiger partial charge < -0.3 is 9.84 Å². The average molecular weight is 221 g/mol. The molecule has 2 aromatic rings. The zero-order valence-electron chi connectivity index (χ0n) is 8.14. The molecule has 3 rings (SSSR count). The third-order valence-corrected chi connectivity index (χ3v) is 3.32. The molecule has 3 heterocycles. The van der Waals surface area contributed by atoms with E-state index in [1.165, 1.54) is 0 Å². The molecule has 78 valence electrons. The summed E-state index contributed by atoms with van der Waals surface area (Å²) in [6.07, 6.45) is 1.10. The lowest BCUT2D eigenvalue weighted by Gasteiger charge is -1.98. The Morgan fingerprint density at radius 1 is 1.53 bits per heavy atom. The monoisotopic (exact) mass is 221 g/mol. The molecule has 0 radical (unpaired) electrons. The minimum absolute atomic E-state index is 0.418. The molecule has 0 amide bonds. The van der Waals surface area contributed by atoms with Crippen LogP contribution in [0.5, 0.6) is 0 Å². The van der Waals surface area contributed by atoms with E-state index >= 15 is 0 Å². The molecule has 0 bridgehead atoms. The van der Waals surface area contributed by atoms with Gasteiger partial charge in [-0.1, -0.05) is 5.16 Å². The Bertz CT molecular complexity index is 431. The Morgan fingerprint density at radius 3 is 3.27 bits per heavy atom. The van der Waals surface area contributed by atoms with Gasteiger partial charge in [0.25, 0.3) is 5.89 Å². The van der Waals surface area contributed by atoms with Gasteiger partial charge in [0.2, 0.25) is 0 Å². The van der Waals surface area contributed by atoms with E-state index in [0.717, 1.165) is 30.9 Å². The molecule has 1 N–H and O–H groups in total. The normalized spacial score (nSPS) is 20.9. The second kappa shape index (κ2) is 3.75. The van der Waals surface area contributed by atoms with Crippen LogP contribution in [-0.4, -0.2) is 23.2 Å². The molecular weight excluding hydrogens is 210 g/mol. The molecule has 1 aliphatic heterocycles. The second-order valence-corrected chi connectivity index (χ2v) is 4.44. The molecule has 4 nitrogen and oxygen atoms in total. The van der Waals surface area contributed by atoms with Crippen molar-refractivity contribution < 1.29 is 4.52 Å². The first-order chi connectivity index (χ1) is 7.43. The van der Waals surface area contributed by atoms with Gasteiger partial charge in [-0.05, 0) is 24.4 Å². The molecular formula is C10H11N3OS. The Balaban J connectivity index is 1.87. The van der Waals surface area contributed by atoms with Crippen LogP contribution in [0.15, 0.2) is 21.3 Å². The number of nitrogens with one attached hydrogen (secondary N) is 1. The van der Waals surface area contributed by atoms with E-state index in [9.17, 15) is 0 Å². The van der Waals surface area contributed by atoms with Gasteiger partial charge in [-0.25, -0.2) is 0 Å². The van der Waals surface area contributed by atoms with E-state index in [4.69, 9.17) is 4.52 Å². The molecule has 1 fully saturated rings. The highest BCUT2D eigenvalue weighted by Crippen LogP contribution is 2.24. The topological polar surface area (TPSA) is 51.0 Å². The Morgan fingerprint density at radius 2 is 2.53 bits per heavy atom. The van der Waals surface area contributed by atoms with Crippen molar-refractivity contribution in [3.05, 3.63) is 22.7 Å². The fraction of sp³-hybridized carbons (Fsp3) is 0.400. The number of hydrogen-bond acceptors (Lipinski definition) is 5. The molecule has 0 aromatic carbocycles. The summed E-state index contributed by atoms with van der Waals surface area (Å²) in [6, 6.07) is 1.99. The fourth-order valence-electron chi connectivity index (χ4n) is 1.78. The van der Waals surface area contributed by atoms with Crippen molar-refractivity contribution in [1.29, 1.82) is 0 Å². The molecule has 0 saturated carbocycles. The smallest absolute Gasteiger partial charge is 0.258 e. The van der Waals surface area contributed by atoms with E-state index in [-0.39, 0.29) is 0 Å². The predicted molar refractivity (Wildman–Crippen MR) is 57.8 cm³/mol. The SMILES string of the molecule is c1cc(-c2nc([C@H]3CCNC3)no2)cs1. The van der Waals surface area contributed by atoms with Crippen LogP contribution in [0.3, 0.4) is 0 Å². The minimum atomic E-state index is 0.418. The summed E-state index contributed by atoms with van der Waals surface area (Å²) in [7, 11) is 0. The first-order valence-electron chi connectivity index (χ1n) is 5.00. The average Bonchev–Trinajstić information content (AvgIpc) is 3.02. The number of hydrogen-bond donors (Lipinski definition) is 1. The number of aromatic nitrogens is 2. The van der Waals surface area contributed by atoms with Gasteiger partial charge in [-0.15, -0.1) is 0 Å². The van der Waals surface area contributed by atoms with Crippen molar-refractivity contribution in [2.45, 2.75) is 12.3 Å². The third kappa shape index (κ3) is 1.68. The first kappa shape index (κ1) is 9.06. The molecule has 2 aromatic heterocycles. The van der Waals surface area contributed by atoms with Gasteiger partial charge in [-0.3, -0.25) is 0 Å². The van der Waals surface area contributed by atoms with Crippen LogP contribution in [0.4, 0.5) is 0 Å². The zero-order chi connectivity index (χ0) is 10.1. The maximum Gasteiger partial charge on any atom is 0.258 e. The highest BCUT2D eigenvalue weighted by molar-refractivity contribution is 7.08. The van der Waals surface area contributed by atoms with Crippen LogP contribution in [-0.2, 0) is 0 Å². The first-order valence-corrected chi connectivity index (χ1v) is 5.94. The second-order valence-electron chi connectivity index (χ2n) is 3.66. The maximum absolute atomic E-state index is 5.24. The van der Waals surface area contributed by atoms with E-state index in [0.29, 0.717) is 11.8 Å². The zero-order valence-corrected chi connectivity index (χ0v) is 8.96. The van der Waals surface area contributed by atoms with Crippen LogP contribution in [0.25, 0.3) is 11.5 Å². The Kier molecular flexibility index (Phi) is 2.26. The summed E-state index contributed by atoms with van der Waals surface area (Å²) in [5.74, 6) is 1.89. The van der Waals surface area contributed by atoms with Crippen molar-refractivity contribution in [3.8, 4) is 11.5 Å². The lowest BCUT2D eigenvalue weighted by Crippen LogP contribution is -2.08. The van der Waals surface area contributed by atoms with Crippen LogP contribution >= 0.6 is 11.3 Å². The largest absolute Gasteiger partial charge is 0.334 e. The molecule has 0 aliphatic carbocycles. The molecule has 15 heavy (non-hydrogen) atoms. The predicted octanol–water partition coefficient (Wildman–Crippen LogP) is 1.87. The van der Waals surface area contributed by atoms with Gasteiger partial charge in [-0.2, -0.15) is 16.3 Å². The van der Waals surface area contributed by atoms with Crippen molar-refractivity contribution in [1.82, 2.24) is 15.5 Å². The van der Waals surface area contributed by atoms with Gasteiger partial charge in [0, 0.05) is 17.8 Å². The standard InChI is InChI=1S/C10H11N3OS/c1-3-11-5-7(1)9-12-10(14-13-9)8-2-4-15-6-8/h2,4,6-7,11H,1,3,5H2/t7-/m0/s1. The molecule has 5 heteroatoms. The van der Waals surface area contributed by atoms with Crippen molar-refractivity contribution in [2.24, 2.45) is 0 Å². The maximum atomic E-state index is 5.24. The van der Waals surface area contributed by atoms with E-state index in [1.54, 1.807) is 11.3 Å². The van der Waals surface area contributed by atoms with Crippen LogP contribution < -0.4 is 5.32 Å². The Labute approximate surface area is 91.3 Å². The van der Waals surface area contributed by atoms with Gasteiger partial charge >= 0.3 is 0 Å². The molecule has 1 atom stereocenters. The molecule has 0 unspecified atom stereocenters. The Hall–Kier alpha value is -1.20. The van der Waals surface area contributed by atoms with Crippen molar-refractivity contribution >= 4 is 11.3 Å². The van der Waals surface area contributed by atoms with Gasteiger partial charge in [0.15, 0.2) is 5.82 Å². The lowest BCUT2D eigenvalue weighted by atomic mass is 10.1. The molecule has 1 aliphatic rings. The number of nitrogens with zero attached hydrogens (tertiary/aromatic N) is 2. The van der Waals surface area contributed by atoms with Crippen LogP contribution in [0.2, 0.25) is 0 Å². The van der Waals surface area contributed by atoms with E-state index in [2.05, 4.69) is 15.5 Å². The van der Waals surface area contributed by atoms with E-state index < -0.39 is 0 Å². The van der Waals surface area contributed by atoms with Crippen molar-refractivity contribution in [3.63, 3.8) is 0 Å². The summed E-state index contributed by atoms with van der Waals surface area (Å²) in [6.45, 7) is 2.01. The summed E-state index contributed by atoms with van der Waals surface area (Å²) >= 11 is 1.64. The quantitative estimate of drug-likeness (QED) is 0.841. The van der Waals surface area contributed by atoms with Gasteiger partial charge in [0.1, 0.15) is 0 Å². The highest BCUT2D eigenvalue weighted by atomic mass is 32.1. The summed E-state index contributed by atoms with van der Waals surface area (Å²) in [5, 5.41) is 11.4. The number of rotatable bonds is 2. The van der Waals surface area contributed by atoms with Crippen LogP contribution in [0, 0.1) is 0 Å². The number of thiophene rings is 1. The third-order valence-electron chi connectivity index (χ3n) is 2.64. The fourth-order valence-corrected chi connectivity index (χ4v) is 2.41. The summed E-state index contributed by atoms with van der Waals surface area (Å²) in [5.41, 5.74) is 1.02. The minimum Gasteiger partial charge on any atom is -0.334 e. The summed E-state index contributed by atoms with van der Waals surface area (Å²) < 4.78 is 5.24.